The molecule has 0 fully saturated rings. The van der Waals surface area contributed by atoms with Crippen LogP contribution in [0.15, 0.2) is 4.47 Å². The molecule has 1 heterocycles. The fourth-order valence-corrected chi connectivity index (χ4v) is 1.71. The summed E-state index contributed by atoms with van der Waals surface area (Å²) in [5.41, 5.74) is 0.551. The van der Waals surface area contributed by atoms with Gasteiger partial charge < -0.3 is 15.4 Å². The molecule has 1 N–H and O–H groups in total. The van der Waals surface area contributed by atoms with Crippen molar-refractivity contribution in [1.29, 1.82) is 0 Å². The molecular formula is C9H13BrN4O3. The molecule has 1 aromatic heterocycles. The minimum Gasteiger partial charge on any atom is -0.358 e. The van der Waals surface area contributed by atoms with E-state index >= 15 is 0 Å². The fraction of sp³-hybridized carbons (Fsp3) is 0.556. The first-order chi connectivity index (χ1) is 7.82. The zero-order chi connectivity index (χ0) is 13.2. The van der Waals surface area contributed by atoms with Crippen molar-refractivity contribution in [3.8, 4) is 0 Å². The van der Waals surface area contributed by atoms with Gasteiger partial charge in [0.1, 0.15) is 11.0 Å². The van der Waals surface area contributed by atoms with Crippen molar-refractivity contribution in [3.05, 3.63) is 20.3 Å². The molecule has 1 aromatic rings. The lowest BCUT2D eigenvalue weighted by molar-refractivity contribution is -0.390. The van der Waals surface area contributed by atoms with E-state index in [-0.39, 0.29) is 24.3 Å². The summed E-state index contributed by atoms with van der Waals surface area (Å²) in [6, 6.07) is 0.0248. The molecule has 1 rings (SSSR count). The Labute approximate surface area is 106 Å². The average Bonchev–Trinajstić information content (AvgIpc) is 2.45. The molecule has 0 saturated heterocycles. The average molecular weight is 305 g/mol. The molecule has 94 valence electrons. The number of aromatic nitrogens is 2. The highest BCUT2D eigenvalue weighted by atomic mass is 79.9. The van der Waals surface area contributed by atoms with Crippen molar-refractivity contribution in [2.24, 2.45) is 0 Å². The molecule has 0 aliphatic carbocycles. The Morgan fingerprint density at radius 3 is 2.65 bits per heavy atom. The summed E-state index contributed by atoms with van der Waals surface area (Å²) in [6.45, 7) is 5.31. The van der Waals surface area contributed by atoms with Crippen LogP contribution in [0.1, 0.15) is 19.5 Å². The number of carbonyl (C=O) groups excluding carboxylic acids is 1. The van der Waals surface area contributed by atoms with Gasteiger partial charge >= 0.3 is 5.82 Å². The van der Waals surface area contributed by atoms with E-state index in [1.54, 1.807) is 6.92 Å². The molecule has 1 amide bonds. The number of halogens is 1. The maximum absolute atomic E-state index is 11.5. The van der Waals surface area contributed by atoms with Crippen molar-refractivity contribution < 1.29 is 9.72 Å². The van der Waals surface area contributed by atoms with Gasteiger partial charge in [-0.2, -0.15) is 4.68 Å². The number of nitrogens with one attached hydrogen (secondary N) is 1. The van der Waals surface area contributed by atoms with Crippen LogP contribution in [0, 0.1) is 17.0 Å². The molecule has 0 radical (unpaired) electrons. The summed E-state index contributed by atoms with van der Waals surface area (Å²) in [7, 11) is 0. The second-order valence-electron chi connectivity index (χ2n) is 3.86. The predicted molar refractivity (Wildman–Crippen MR) is 64.6 cm³/mol. The van der Waals surface area contributed by atoms with E-state index in [1.165, 1.54) is 4.68 Å². The van der Waals surface area contributed by atoms with Crippen LogP contribution in [0.25, 0.3) is 0 Å². The molecule has 7 nitrogen and oxygen atoms in total. The van der Waals surface area contributed by atoms with Gasteiger partial charge in [-0.05, 0) is 41.6 Å². The number of amides is 1. The van der Waals surface area contributed by atoms with E-state index in [2.05, 4.69) is 26.3 Å². The first kappa shape index (κ1) is 13.6. The van der Waals surface area contributed by atoms with Gasteiger partial charge in [0.15, 0.2) is 0 Å². The van der Waals surface area contributed by atoms with Crippen LogP contribution in [0.2, 0.25) is 0 Å². The molecule has 0 aliphatic rings. The van der Waals surface area contributed by atoms with Crippen molar-refractivity contribution >= 4 is 27.7 Å². The summed E-state index contributed by atoms with van der Waals surface area (Å²) >= 11 is 3.09. The Morgan fingerprint density at radius 2 is 2.24 bits per heavy atom. The standard InChI is InChI=1S/C9H13BrN4O3/c1-5(2)11-7(15)4-13-6(3)8(10)9(12-13)14(16)17/h5H,4H2,1-3H3,(H,11,15). The predicted octanol–water partition coefficient (Wildman–Crippen LogP) is 1.39. The fourth-order valence-electron chi connectivity index (χ4n) is 1.28. The van der Waals surface area contributed by atoms with Crippen molar-refractivity contribution in [2.75, 3.05) is 0 Å². The van der Waals surface area contributed by atoms with Crippen LogP contribution < -0.4 is 5.32 Å². The molecule has 0 bridgehead atoms. The SMILES string of the molecule is Cc1c(Br)c([N+](=O)[O-])nn1CC(=O)NC(C)C. The second-order valence-corrected chi connectivity index (χ2v) is 4.65. The van der Waals surface area contributed by atoms with Crippen LogP contribution in [0.3, 0.4) is 0 Å². The maximum atomic E-state index is 11.5. The zero-order valence-electron chi connectivity index (χ0n) is 9.73. The third-order valence-electron chi connectivity index (χ3n) is 2.03. The lowest BCUT2D eigenvalue weighted by Crippen LogP contribution is -2.33. The highest BCUT2D eigenvalue weighted by Gasteiger charge is 2.24. The molecule has 0 aromatic carbocycles. The molecule has 8 heteroatoms. The number of hydrogen-bond donors (Lipinski definition) is 1. The molecule has 0 saturated carbocycles. The Hall–Kier alpha value is -1.44. The number of carbonyl (C=O) groups is 1. The van der Waals surface area contributed by atoms with Gasteiger partial charge in [-0.25, -0.2) is 0 Å². The third-order valence-corrected chi connectivity index (χ3v) is 2.96. The normalized spacial score (nSPS) is 10.6. The first-order valence-electron chi connectivity index (χ1n) is 4.99. The Morgan fingerprint density at radius 1 is 1.65 bits per heavy atom. The van der Waals surface area contributed by atoms with Crippen LogP contribution in [0.4, 0.5) is 5.82 Å². The highest BCUT2D eigenvalue weighted by Crippen LogP contribution is 2.26. The molecular weight excluding hydrogens is 292 g/mol. The second kappa shape index (κ2) is 5.26. The van der Waals surface area contributed by atoms with Crippen molar-refractivity contribution in [1.82, 2.24) is 15.1 Å². The van der Waals surface area contributed by atoms with Gasteiger partial charge in [0.2, 0.25) is 5.91 Å². The van der Waals surface area contributed by atoms with Gasteiger partial charge in [-0.15, -0.1) is 0 Å². The summed E-state index contributed by atoms with van der Waals surface area (Å²) < 4.78 is 1.61. The van der Waals surface area contributed by atoms with Gasteiger partial charge in [-0.1, -0.05) is 0 Å². The molecule has 0 atom stereocenters. The van der Waals surface area contributed by atoms with E-state index in [9.17, 15) is 14.9 Å². The monoisotopic (exact) mass is 304 g/mol. The number of nitrogens with zero attached hydrogens (tertiary/aromatic N) is 3. The first-order valence-corrected chi connectivity index (χ1v) is 5.79. The van der Waals surface area contributed by atoms with Crippen molar-refractivity contribution in [2.45, 2.75) is 33.4 Å². The summed E-state index contributed by atoms with van der Waals surface area (Å²) in [5.74, 6) is -0.507. The Balaban J connectivity index is 2.89. The lowest BCUT2D eigenvalue weighted by Gasteiger charge is -2.07. The molecule has 0 unspecified atom stereocenters. The van der Waals surface area contributed by atoms with E-state index in [0.717, 1.165) is 0 Å². The Kier molecular flexibility index (Phi) is 4.22. The molecule has 0 spiro atoms. The lowest BCUT2D eigenvalue weighted by atomic mass is 10.4. The van der Waals surface area contributed by atoms with Crippen molar-refractivity contribution in [3.63, 3.8) is 0 Å². The highest BCUT2D eigenvalue weighted by molar-refractivity contribution is 9.10. The topological polar surface area (TPSA) is 90.1 Å². The molecule has 0 aliphatic heterocycles. The Bertz CT molecular complexity index is 455. The summed E-state index contributed by atoms with van der Waals surface area (Å²) in [5, 5.41) is 17.1. The third kappa shape index (κ3) is 3.26. The minimum absolute atomic E-state index is 0.0248. The van der Waals surface area contributed by atoms with Crippen LogP contribution in [0.5, 0.6) is 0 Å². The smallest absolute Gasteiger partial charge is 0.358 e. The van der Waals surface area contributed by atoms with E-state index in [0.29, 0.717) is 10.2 Å². The maximum Gasteiger partial charge on any atom is 0.404 e. The van der Waals surface area contributed by atoms with Gasteiger partial charge in [0.25, 0.3) is 0 Å². The number of rotatable bonds is 4. The van der Waals surface area contributed by atoms with Crippen LogP contribution >= 0.6 is 15.9 Å². The largest absolute Gasteiger partial charge is 0.404 e. The zero-order valence-corrected chi connectivity index (χ0v) is 11.3. The van der Waals surface area contributed by atoms with Gasteiger partial charge in [0.05, 0.1) is 10.8 Å². The molecule has 17 heavy (non-hydrogen) atoms. The summed E-state index contributed by atoms with van der Waals surface area (Å²) in [4.78, 5) is 21.6. The number of nitro groups is 1. The van der Waals surface area contributed by atoms with Crippen LogP contribution in [-0.4, -0.2) is 26.7 Å². The minimum atomic E-state index is -0.589. The van der Waals surface area contributed by atoms with E-state index < -0.39 is 4.92 Å². The number of hydrogen-bond acceptors (Lipinski definition) is 4. The van der Waals surface area contributed by atoms with Gasteiger partial charge in [0, 0.05) is 6.04 Å². The van der Waals surface area contributed by atoms with E-state index in [1.807, 2.05) is 13.8 Å². The summed E-state index contributed by atoms with van der Waals surface area (Å²) in [6.07, 6.45) is 0. The van der Waals surface area contributed by atoms with E-state index in [4.69, 9.17) is 0 Å². The van der Waals surface area contributed by atoms with Gasteiger partial charge in [-0.3, -0.25) is 4.79 Å². The van der Waals surface area contributed by atoms with Crippen LogP contribution in [-0.2, 0) is 11.3 Å². The quantitative estimate of drug-likeness (QED) is 0.672.